The number of esters is 1. The zero-order valence-electron chi connectivity index (χ0n) is 12.1. The summed E-state index contributed by atoms with van der Waals surface area (Å²) in [6.45, 7) is 2.84. The summed E-state index contributed by atoms with van der Waals surface area (Å²) >= 11 is 6.00. The zero-order valence-corrected chi connectivity index (χ0v) is 12.9. The SMILES string of the molecule is COC(=O)[C@H]1CCCC[C@@]1(C)NCc1cccc(Cl)c1. The quantitative estimate of drug-likeness (QED) is 0.863. The summed E-state index contributed by atoms with van der Waals surface area (Å²) in [5.41, 5.74) is 0.932. The summed E-state index contributed by atoms with van der Waals surface area (Å²) in [4.78, 5) is 12.0. The smallest absolute Gasteiger partial charge is 0.310 e. The largest absolute Gasteiger partial charge is 0.469 e. The van der Waals surface area contributed by atoms with Crippen LogP contribution in [-0.4, -0.2) is 18.6 Å². The Hall–Kier alpha value is -1.06. The molecule has 0 amide bonds. The van der Waals surface area contributed by atoms with Crippen LogP contribution in [0.3, 0.4) is 0 Å². The van der Waals surface area contributed by atoms with Gasteiger partial charge in [-0.15, -0.1) is 0 Å². The molecule has 0 bridgehead atoms. The molecule has 1 N–H and O–H groups in total. The lowest BCUT2D eigenvalue weighted by atomic mass is 9.73. The minimum Gasteiger partial charge on any atom is -0.469 e. The maximum Gasteiger partial charge on any atom is 0.310 e. The molecule has 3 nitrogen and oxygen atoms in total. The van der Waals surface area contributed by atoms with Gasteiger partial charge in [-0.2, -0.15) is 0 Å². The molecule has 1 aromatic carbocycles. The van der Waals surface area contributed by atoms with Gasteiger partial charge >= 0.3 is 5.97 Å². The van der Waals surface area contributed by atoms with Crippen LogP contribution >= 0.6 is 11.6 Å². The van der Waals surface area contributed by atoms with Crippen molar-refractivity contribution in [1.29, 1.82) is 0 Å². The Morgan fingerprint density at radius 3 is 3.00 bits per heavy atom. The molecule has 1 aliphatic carbocycles. The lowest BCUT2D eigenvalue weighted by Crippen LogP contribution is -2.53. The van der Waals surface area contributed by atoms with E-state index in [9.17, 15) is 4.79 Å². The monoisotopic (exact) mass is 295 g/mol. The molecule has 0 spiro atoms. The Morgan fingerprint density at radius 2 is 2.30 bits per heavy atom. The van der Waals surface area contributed by atoms with Gasteiger partial charge < -0.3 is 10.1 Å². The Bertz CT molecular complexity index is 477. The number of benzene rings is 1. The predicted molar refractivity (Wildman–Crippen MR) is 80.7 cm³/mol. The van der Waals surface area contributed by atoms with Crippen molar-refractivity contribution in [2.45, 2.75) is 44.7 Å². The number of halogens is 1. The van der Waals surface area contributed by atoms with E-state index in [2.05, 4.69) is 12.2 Å². The predicted octanol–water partition coefficient (Wildman–Crippen LogP) is 3.55. The van der Waals surface area contributed by atoms with Crippen LogP contribution < -0.4 is 5.32 Å². The number of nitrogens with one attached hydrogen (secondary N) is 1. The van der Waals surface area contributed by atoms with Gasteiger partial charge in [0.25, 0.3) is 0 Å². The van der Waals surface area contributed by atoms with Gasteiger partial charge in [-0.05, 0) is 37.5 Å². The molecule has 0 saturated heterocycles. The first-order chi connectivity index (χ1) is 9.55. The number of methoxy groups -OCH3 is 1. The van der Waals surface area contributed by atoms with Gasteiger partial charge in [0.2, 0.25) is 0 Å². The second kappa shape index (κ2) is 6.59. The Kier molecular flexibility index (Phi) is 5.06. The third-order valence-corrected chi connectivity index (χ3v) is 4.51. The van der Waals surface area contributed by atoms with Crippen LogP contribution in [0.25, 0.3) is 0 Å². The molecule has 1 aliphatic rings. The Morgan fingerprint density at radius 1 is 1.50 bits per heavy atom. The van der Waals surface area contributed by atoms with Crippen LogP contribution in [0, 0.1) is 5.92 Å². The van der Waals surface area contributed by atoms with E-state index in [-0.39, 0.29) is 17.4 Å². The maximum atomic E-state index is 12.0. The first kappa shape index (κ1) is 15.3. The maximum absolute atomic E-state index is 12.0. The van der Waals surface area contributed by atoms with Gasteiger partial charge in [0.15, 0.2) is 0 Å². The molecule has 2 rings (SSSR count). The van der Waals surface area contributed by atoms with Crippen molar-refractivity contribution in [1.82, 2.24) is 5.32 Å². The molecule has 0 aromatic heterocycles. The standard InChI is InChI=1S/C16H22ClNO2/c1-16(9-4-3-8-14(16)15(19)20-2)18-11-12-6-5-7-13(17)10-12/h5-7,10,14,18H,3-4,8-9,11H2,1-2H3/t14-,16-/m1/s1. The normalized spacial score (nSPS) is 26.2. The van der Waals surface area contributed by atoms with E-state index in [0.717, 1.165) is 36.3 Å². The molecular formula is C16H22ClNO2. The lowest BCUT2D eigenvalue weighted by molar-refractivity contribution is -0.149. The van der Waals surface area contributed by atoms with Gasteiger partial charge in [-0.25, -0.2) is 0 Å². The first-order valence-electron chi connectivity index (χ1n) is 7.12. The summed E-state index contributed by atoms with van der Waals surface area (Å²) < 4.78 is 4.96. The molecule has 20 heavy (non-hydrogen) atoms. The van der Waals surface area contributed by atoms with Crippen LogP contribution in [0.1, 0.15) is 38.2 Å². The van der Waals surface area contributed by atoms with Crippen LogP contribution in [0.4, 0.5) is 0 Å². The minimum atomic E-state index is -0.201. The van der Waals surface area contributed by atoms with Crippen molar-refractivity contribution < 1.29 is 9.53 Å². The van der Waals surface area contributed by atoms with E-state index in [0.29, 0.717) is 6.54 Å². The van der Waals surface area contributed by atoms with Gasteiger partial charge in [-0.3, -0.25) is 4.79 Å². The van der Waals surface area contributed by atoms with Gasteiger partial charge in [-0.1, -0.05) is 36.6 Å². The third-order valence-electron chi connectivity index (χ3n) is 4.28. The third kappa shape index (κ3) is 3.53. The van der Waals surface area contributed by atoms with Crippen LogP contribution in [0.5, 0.6) is 0 Å². The fourth-order valence-electron chi connectivity index (χ4n) is 3.02. The van der Waals surface area contributed by atoms with Crippen LogP contribution in [0.15, 0.2) is 24.3 Å². The van der Waals surface area contributed by atoms with E-state index in [1.165, 1.54) is 7.11 Å². The Balaban J connectivity index is 2.06. The highest BCUT2D eigenvalue weighted by Gasteiger charge is 2.41. The highest BCUT2D eigenvalue weighted by Crippen LogP contribution is 2.34. The molecule has 1 saturated carbocycles. The second-order valence-corrected chi connectivity index (χ2v) is 6.16. The highest BCUT2D eigenvalue weighted by atomic mass is 35.5. The first-order valence-corrected chi connectivity index (χ1v) is 7.50. The van der Waals surface area contributed by atoms with Crippen LogP contribution in [-0.2, 0) is 16.1 Å². The molecule has 110 valence electrons. The summed E-state index contributed by atoms with van der Waals surface area (Å²) in [6.07, 6.45) is 4.12. The second-order valence-electron chi connectivity index (χ2n) is 5.72. The number of hydrogen-bond donors (Lipinski definition) is 1. The Labute approximate surface area is 125 Å². The highest BCUT2D eigenvalue weighted by molar-refractivity contribution is 6.30. The number of carbonyl (C=O) groups excluding carboxylic acids is 1. The van der Waals surface area contributed by atoms with Crippen molar-refractivity contribution in [3.05, 3.63) is 34.9 Å². The number of carbonyl (C=O) groups is 1. The van der Waals surface area contributed by atoms with E-state index in [4.69, 9.17) is 16.3 Å². The number of hydrogen-bond acceptors (Lipinski definition) is 3. The van der Waals surface area contributed by atoms with E-state index < -0.39 is 0 Å². The van der Waals surface area contributed by atoms with Crippen LogP contribution in [0.2, 0.25) is 5.02 Å². The topological polar surface area (TPSA) is 38.3 Å². The lowest BCUT2D eigenvalue weighted by Gasteiger charge is -2.40. The van der Waals surface area contributed by atoms with Gasteiger partial charge in [0, 0.05) is 17.1 Å². The van der Waals surface area contributed by atoms with Crippen molar-refractivity contribution in [3.63, 3.8) is 0 Å². The average Bonchev–Trinajstić information content (AvgIpc) is 2.45. The molecule has 1 fully saturated rings. The number of ether oxygens (including phenoxy) is 1. The molecule has 0 heterocycles. The molecule has 2 atom stereocenters. The summed E-state index contributed by atoms with van der Waals surface area (Å²) in [5.74, 6) is -0.175. The van der Waals surface area contributed by atoms with Crippen molar-refractivity contribution >= 4 is 17.6 Å². The molecule has 0 aliphatic heterocycles. The number of rotatable bonds is 4. The van der Waals surface area contributed by atoms with E-state index >= 15 is 0 Å². The average molecular weight is 296 g/mol. The summed E-state index contributed by atoms with van der Waals surface area (Å²) in [7, 11) is 1.47. The molecule has 4 heteroatoms. The van der Waals surface area contributed by atoms with Crippen molar-refractivity contribution in [2.75, 3.05) is 7.11 Å². The van der Waals surface area contributed by atoms with Crippen molar-refractivity contribution in [3.8, 4) is 0 Å². The zero-order chi connectivity index (χ0) is 14.6. The van der Waals surface area contributed by atoms with E-state index in [1.54, 1.807) is 0 Å². The van der Waals surface area contributed by atoms with Gasteiger partial charge in [0.05, 0.1) is 13.0 Å². The molecular weight excluding hydrogens is 274 g/mol. The fourth-order valence-corrected chi connectivity index (χ4v) is 3.23. The van der Waals surface area contributed by atoms with E-state index in [1.807, 2.05) is 24.3 Å². The molecule has 1 aromatic rings. The molecule has 0 unspecified atom stereocenters. The molecule has 0 radical (unpaired) electrons. The summed E-state index contributed by atoms with van der Waals surface area (Å²) in [5, 5.41) is 4.29. The van der Waals surface area contributed by atoms with Crippen molar-refractivity contribution in [2.24, 2.45) is 5.92 Å². The summed E-state index contributed by atoms with van der Waals surface area (Å²) in [6, 6.07) is 7.80. The minimum absolute atomic E-state index is 0.0690. The fraction of sp³-hybridized carbons (Fsp3) is 0.562. The van der Waals surface area contributed by atoms with Gasteiger partial charge in [0.1, 0.15) is 0 Å².